The van der Waals surface area contributed by atoms with Gasteiger partial charge in [0.15, 0.2) is 0 Å². The Morgan fingerprint density at radius 1 is 1.00 bits per heavy atom. The highest BCUT2D eigenvalue weighted by Gasteiger charge is 2.25. The van der Waals surface area contributed by atoms with Crippen LogP contribution in [0, 0.1) is 0 Å². The number of hydrogen-bond acceptors (Lipinski definition) is 6. The van der Waals surface area contributed by atoms with Gasteiger partial charge in [-0.1, -0.05) is 12.1 Å². The van der Waals surface area contributed by atoms with Gasteiger partial charge in [0, 0.05) is 51.7 Å². The highest BCUT2D eigenvalue weighted by molar-refractivity contribution is 7.97. The molecule has 1 aromatic heterocycles. The number of carbonyl (C=O) groups excluding carboxylic acids is 1. The minimum atomic E-state index is -0.0416. The summed E-state index contributed by atoms with van der Waals surface area (Å²) in [6.07, 6.45) is 3.55. The maximum absolute atomic E-state index is 12.2. The normalized spacial score (nSPS) is 18.0. The van der Waals surface area contributed by atoms with Crippen molar-refractivity contribution in [3.05, 3.63) is 42.7 Å². The second-order valence-corrected chi connectivity index (χ2v) is 7.06. The molecule has 2 amide bonds. The predicted molar refractivity (Wildman–Crippen MR) is 98.7 cm³/mol. The fraction of sp³-hybridized carbons (Fsp3) is 0.353. The number of fused-ring (bicyclic) bond motifs is 1. The van der Waals surface area contributed by atoms with Crippen LogP contribution in [0.4, 0.5) is 16.4 Å². The molecule has 0 bridgehead atoms. The molecule has 0 aliphatic carbocycles. The van der Waals surface area contributed by atoms with Crippen LogP contribution in [0.1, 0.15) is 0 Å². The molecule has 130 valence electrons. The van der Waals surface area contributed by atoms with Crippen LogP contribution in [0.15, 0.2) is 47.6 Å². The second-order valence-electron chi connectivity index (χ2n) is 6.00. The molecular formula is C17H20N6OS. The zero-order valence-corrected chi connectivity index (χ0v) is 14.7. The first-order valence-corrected chi connectivity index (χ1v) is 9.17. The van der Waals surface area contributed by atoms with Crippen LogP contribution in [-0.4, -0.2) is 64.5 Å². The molecule has 2 aromatic rings. The topological polar surface area (TPSA) is 64.6 Å². The summed E-state index contributed by atoms with van der Waals surface area (Å²) in [6.45, 7) is 5.29. The summed E-state index contributed by atoms with van der Waals surface area (Å²) in [5.41, 5.74) is 0.894. The summed E-state index contributed by atoms with van der Waals surface area (Å²) in [5.74, 6) is 0.796. The lowest BCUT2D eigenvalue weighted by Crippen LogP contribution is -2.49. The molecule has 0 radical (unpaired) electrons. The van der Waals surface area contributed by atoms with Gasteiger partial charge < -0.3 is 10.2 Å². The SMILES string of the molecule is O=C1Nc2ccccc2SN1CCN1CCN(c2ncccn2)CC1. The summed E-state index contributed by atoms with van der Waals surface area (Å²) >= 11 is 1.52. The monoisotopic (exact) mass is 356 g/mol. The van der Waals surface area contributed by atoms with Crippen LogP contribution >= 0.6 is 11.9 Å². The van der Waals surface area contributed by atoms with Gasteiger partial charge in [-0.05, 0) is 30.1 Å². The molecule has 1 saturated heterocycles. The van der Waals surface area contributed by atoms with Crippen molar-refractivity contribution in [2.24, 2.45) is 0 Å². The van der Waals surface area contributed by atoms with Gasteiger partial charge in [-0.2, -0.15) is 0 Å². The minimum Gasteiger partial charge on any atom is -0.338 e. The molecule has 1 aromatic carbocycles. The average molecular weight is 356 g/mol. The van der Waals surface area contributed by atoms with Crippen LogP contribution in [0.3, 0.4) is 0 Å². The maximum Gasteiger partial charge on any atom is 0.332 e. The van der Waals surface area contributed by atoms with E-state index in [1.807, 2.05) is 30.3 Å². The molecule has 0 atom stereocenters. The summed E-state index contributed by atoms with van der Waals surface area (Å²) < 4.78 is 1.80. The van der Waals surface area contributed by atoms with E-state index in [4.69, 9.17) is 0 Å². The van der Waals surface area contributed by atoms with Crippen LogP contribution in [0.2, 0.25) is 0 Å². The van der Waals surface area contributed by atoms with Crippen LogP contribution < -0.4 is 10.2 Å². The van der Waals surface area contributed by atoms with E-state index in [0.29, 0.717) is 6.54 Å². The van der Waals surface area contributed by atoms with Gasteiger partial charge in [0.2, 0.25) is 5.95 Å². The number of anilines is 2. The Labute approximate surface area is 151 Å². The van der Waals surface area contributed by atoms with Crippen molar-refractivity contribution < 1.29 is 4.79 Å². The van der Waals surface area contributed by atoms with Crippen molar-refractivity contribution in [1.29, 1.82) is 0 Å². The van der Waals surface area contributed by atoms with E-state index in [9.17, 15) is 4.79 Å². The lowest BCUT2D eigenvalue weighted by atomic mass is 10.3. The molecule has 1 N–H and O–H groups in total. The van der Waals surface area contributed by atoms with Gasteiger partial charge in [0.05, 0.1) is 10.6 Å². The molecule has 0 spiro atoms. The van der Waals surface area contributed by atoms with Crippen molar-refractivity contribution in [3.63, 3.8) is 0 Å². The quantitative estimate of drug-likeness (QED) is 0.847. The van der Waals surface area contributed by atoms with E-state index in [1.54, 1.807) is 16.7 Å². The van der Waals surface area contributed by atoms with Crippen LogP contribution in [0.5, 0.6) is 0 Å². The first-order chi connectivity index (χ1) is 12.3. The van der Waals surface area contributed by atoms with Gasteiger partial charge in [0.25, 0.3) is 0 Å². The molecular weight excluding hydrogens is 336 g/mol. The molecule has 0 saturated carbocycles. The number of rotatable bonds is 4. The summed E-state index contributed by atoms with van der Waals surface area (Å²) in [7, 11) is 0. The van der Waals surface area contributed by atoms with Gasteiger partial charge in [-0.3, -0.25) is 9.21 Å². The molecule has 8 heteroatoms. The average Bonchev–Trinajstić information content (AvgIpc) is 2.67. The van der Waals surface area contributed by atoms with E-state index in [2.05, 4.69) is 25.1 Å². The number of para-hydroxylation sites is 1. The second kappa shape index (κ2) is 7.28. The first-order valence-electron chi connectivity index (χ1n) is 8.39. The predicted octanol–water partition coefficient (Wildman–Crippen LogP) is 2.15. The number of carbonyl (C=O) groups is 1. The summed E-state index contributed by atoms with van der Waals surface area (Å²) in [4.78, 5) is 26.5. The van der Waals surface area contributed by atoms with Gasteiger partial charge in [-0.15, -0.1) is 0 Å². The van der Waals surface area contributed by atoms with E-state index in [-0.39, 0.29) is 6.03 Å². The Hall–Kier alpha value is -2.32. The zero-order valence-electron chi connectivity index (χ0n) is 13.8. The molecule has 2 aliphatic rings. The number of nitrogens with zero attached hydrogens (tertiary/aromatic N) is 5. The van der Waals surface area contributed by atoms with E-state index >= 15 is 0 Å². The van der Waals surface area contributed by atoms with Crippen LogP contribution in [-0.2, 0) is 0 Å². The Kier molecular flexibility index (Phi) is 4.71. The third-order valence-corrected chi connectivity index (χ3v) is 5.51. The number of benzene rings is 1. The van der Waals surface area contributed by atoms with Gasteiger partial charge in [0.1, 0.15) is 0 Å². The summed E-state index contributed by atoms with van der Waals surface area (Å²) in [5, 5.41) is 2.95. The number of aromatic nitrogens is 2. The van der Waals surface area contributed by atoms with E-state index in [1.165, 1.54) is 11.9 Å². The fourth-order valence-corrected chi connectivity index (χ4v) is 3.89. The largest absolute Gasteiger partial charge is 0.338 e. The Morgan fingerprint density at radius 2 is 1.76 bits per heavy atom. The first kappa shape index (κ1) is 16.2. The van der Waals surface area contributed by atoms with Gasteiger partial charge >= 0.3 is 6.03 Å². The van der Waals surface area contributed by atoms with Crippen molar-refractivity contribution in [1.82, 2.24) is 19.2 Å². The number of piperazine rings is 1. The molecule has 2 aliphatic heterocycles. The Morgan fingerprint density at radius 3 is 2.56 bits per heavy atom. The summed E-state index contributed by atoms with van der Waals surface area (Å²) in [6, 6.07) is 9.68. The van der Waals surface area contributed by atoms with Crippen LogP contribution in [0.25, 0.3) is 0 Å². The van der Waals surface area contributed by atoms with Crippen molar-refractivity contribution in [2.75, 3.05) is 49.5 Å². The standard InChI is InChI=1S/C17H20N6OS/c24-17-20-14-4-1-2-5-15(14)25-23(17)13-10-21-8-11-22(12-9-21)16-18-6-3-7-19-16/h1-7H,8-13H2,(H,20,24). The Balaban J connectivity index is 1.28. The molecule has 1 fully saturated rings. The number of nitrogens with one attached hydrogen (secondary N) is 1. The maximum atomic E-state index is 12.2. The number of urea groups is 1. The Bertz CT molecular complexity index is 735. The molecule has 3 heterocycles. The van der Waals surface area contributed by atoms with Gasteiger partial charge in [-0.25, -0.2) is 14.8 Å². The molecule has 7 nitrogen and oxygen atoms in total. The third-order valence-electron chi connectivity index (χ3n) is 4.39. The fourth-order valence-electron chi connectivity index (χ4n) is 2.99. The lowest BCUT2D eigenvalue weighted by molar-refractivity contribution is 0.221. The lowest BCUT2D eigenvalue weighted by Gasteiger charge is -2.36. The van der Waals surface area contributed by atoms with Crippen molar-refractivity contribution in [3.8, 4) is 0 Å². The highest BCUT2D eigenvalue weighted by atomic mass is 32.2. The number of amides is 2. The van der Waals surface area contributed by atoms with Crippen molar-refractivity contribution in [2.45, 2.75) is 4.90 Å². The molecule has 4 rings (SSSR count). The number of hydrogen-bond donors (Lipinski definition) is 1. The van der Waals surface area contributed by atoms with Crippen molar-refractivity contribution >= 4 is 29.6 Å². The smallest absolute Gasteiger partial charge is 0.332 e. The zero-order chi connectivity index (χ0) is 17.1. The minimum absolute atomic E-state index is 0.0416. The molecule has 25 heavy (non-hydrogen) atoms. The van der Waals surface area contributed by atoms with E-state index < -0.39 is 0 Å². The highest BCUT2D eigenvalue weighted by Crippen LogP contribution is 2.34. The third kappa shape index (κ3) is 3.69. The van der Waals surface area contributed by atoms with E-state index in [0.717, 1.165) is 49.3 Å². The molecule has 0 unspecified atom stereocenters.